The number of hydrogen-bond donors (Lipinski definition) is 1. The van der Waals surface area contributed by atoms with Crippen LogP contribution in [0.5, 0.6) is 0 Å². The molecule has 2 heterocycles. The van der Waals surface area contributed by atoms with E-state index in [1.807, 2.05) is 80.1 Å². The number of nitrogens with one attached hydrogen (secondary N) is 1. The molecule has 1 aliphatic heterocycles. The number of carbonyl (C=O) groups excluding carboxylic acids is 2. The molecule has 0 saturated carbocycles. The Hall–Kier alpha value is -3.65. The maximum absolute atomic E-state index is 13.0. The number of anilines is 2. The molecular formula is C27H33N5O3. The van der Waals surface area contributed by atoms with E-state index in [1.165, 1.54) is 0 Å². The molecule has 2 amide bonds. The van der Waals surface area contributed by atoms with Crippen molar-refractivity contribution >= 4 is 23.2 Å². The second kappa shape index (κ2) is 11.2. The molecule has 0 unspecified atom stereocenters. The highest BCUT2D eigenvalue weighted by atomic mass is 16.5. The van der Waals surface area contributed by atoms with E-state index in [0.29, 0.717) is 24.3 Å². The van der Waals surface area contributed by atoms with Gasteiger partial charge in [-0.15, -0.1) is 0 Å². The van der Waals surface area contributed by atoms with Crippen molar-refractivity contribution in [3.05, 3.63) is 77.1 Å². The van der Waals surface area contributed by atoms with Gasteiger partial charge in [-0.2, -0.15) is 5.10 Å². The molecule has 35 heavy (non-hydrogen) atoms. The fraction of sp³-hybridized carbons (Fsp3) is 0.370. The van der Waals surface area contributed by atoms with Gasteiger partial charge < -0.3 is 19.9 Å². The molecule has 1 aliphatic rings. The molecule has 8 nitrogen and oxygen atoms in total. The van der Waals surface area contributed by atoms with Crippen LogP contribution in [-0.2, 0) is 16.1 Å². The van der Waals surface area contributed by atoms with E-state index in [4.69, 9.17) is 4.74 Å². The van der Waals surface area contributed by atoms with Crippen molar-refractivity contribution in [2.24, 2.45) is 0 Å². The summed E-state index contributed by atoms with van der Waals surface area (Å²) in [6.07, 6.45) is 0. The maximum atomic E-state index is 13.0. The van der Waals surface area contributed by atoms with Crippen LogP contribution in [-0.4, -0.2) is 65.9 Å². The standard InChI is InChI=1S/C27H33N5O3/c1-4-30(19-26(33)28-24-9-11-25(12-10-24)31-13-15-35-16-14-31)27(34)23-7-5-22(6-8-23)18-32-21(3)17-20(2)29-32/h5-12,17H,4,13-16,18-19H2,1-3H3,(H,28,33). The van der Waals surface area contributed by atoms with Crippen molar-refractivity contribution in [1.82, 2.24) is 14.7 Å². The van der Waals surface area contributed by atoms with Crippen molar-refractivity contribution in [2.45, 2.75) is 27.3 Å². The second-order valence-corrected chi connectivity index (χ2v) is 8.80. The SMILES string of the molecule is CCN(CC(=O)Nc1ccc(N2CCOCC2)cc1)C(=O)c1ccc(Cn2nc(C)cc2C)cc1. The Labute approximate surface area is 206 Å². The average Bonchev–Trinajstić information content (AvgIpc) is 3.19. The van der Waals surface area contributed by atoms with Crippen molar-refractivity contribution in [3.63, 3.8) is 0 Å². The van der Waals surface area contributed by atoms with Gasteiger partial charge in [0.25, 0.3) is 5.91 Å². The zero-order valence-corrected chi connectivity index (χ0v) is 20.7. The van der Waals surface area contributed by atoms with Gasteiger partial charge in [0.05, 0.1) is 25.5 Å². The van der Waals surface area contributed by atoms with Crippen LogP contribution in [0, 0.1) is 13.8 Å². The lowest BCUT2D eigenvalue weighted by Crippen LogP contribution is -2.38. The first-order chi connectivity index (χ1) is 16.9. The van der Waals surface area contributed by atoms with Crippen LogP contribution in [0.25, 0.3) is 0 Å². The van der Waals surface area contributed by atoms with Gasteiger partial charge >= 0.3 is 0 Å². The molecule has 1 aromatic heterocycles. The summed E-state index contributed by atoms with van der Waals surface area (Å²) in [6, 6.07) is 17.3. The van der Waals surface area contributed by atoms with Gasteiger partial charge in [0.1, 0.15) is 6.54 Å². The van der Waals surface area contributed by atoms with Crippen LogP contribution in [0.2, 0.25) is 0 Å². The Bertz CT molecular complexity index is 1150. The van der Waals surface area contributed by atoms with Gasteiger partial charge in [0.15, 0.2) is 0 Å². The summed E-state index contributed by atoms with van der Waals surface area (Å²) in [6.45, 7) is 10.1. The number of hydrogen-bond acceptors (Lipinski definition) is 5. The highest BCUT2D eigenvalue weighted by Crippen LogP contribution is 2.19. The highest BCUT2D eigenvalue weighted by Gasteiger charge is 2.18. The molecule has 1 saturated heterocycles. The Kier molecular flexibility index (Phi) is 7.82. The molecule has 0 spiro atoms. The fourth-order valence-electron chi connectivity index (χ4n) is 4.22. The molecule has 1 N–H and O–H groups in total. The normalized spacial score (nSPS) is 13.5. The predicted molar refractivity (Wildman–Crippen MR) is 137 cm³/mol. The third kappa shape index (κ3) is 6.27. The van der Waals surface area contributed by atoms with E-state index in [2.05, 4.69) is 15.3 Å². The van der Waals surface area contributed by atoms with E-state index >= 15 is 0 Å². The molecule has 0 bridgehead atoms. The van der Waals surface area contributed by atoms with Crippen molar-refractivity contribution < 1.29 is 14.3 Å². The lowest BCUT2D eigenvalue weighted by molar-refractivity contribution is -0.116. The number of benzene rings is 2. The van der Waals surface area contributed by atoms with E-state index in [0.717, 1.165) is 48.9 Å². The van der Waals surface area contributed by atoms with Crippen LogP contribution in [0.3, 0.4) is 0 Å². The number of ether oxygens (including phenoxy) is 1. The van der Waals surface area contributed by atoms with Gasteiger partial charge in [-0.3, -0.25) is 14.3 Å². The number of aromatic nitrogens is 2. The predicted octanol–water partition coefficient (Wildman–Crippen LogP) is 3.49. The van der Waals surface area contributed by atoms with E-state index in [-0.39, 0.29) is 18.4 Å². The number of rotatable bonds is 8. The summed E-state index contributed by atoms with van der Waals surface area (Å²) in [4.78, 5) is 29.5. The minimum Gasteiger partial charge on any atom is -0.378 e. The largest absolute Gasteiger partial charge is 0.378 e. The lowest BCUT2D eigenvalue weighted by atomic mass is 10.1. The number of nitrogens with zero attached hydrogens (tertiary/aromatic N) is 4. The first-order valence-electron chi connectivity index (χ1n) is 12.0. The topological polar surface area (TPSA) is 79.7 Å². The van der Waals surface area contributed by atoms with Crippen LogP contribution >= 0.6 is 0 Å². The zero-order chi connectivity index (χ0) is 24.8. The number of amides is 2. The van der Waals surface area contributed by atoms with Crippen LogP contribution < -0.4 is 10.2 Å². The minimum atomic E-state index is -0.222. The Morgan fingerprint density at radius 1 is 1.03 bits per heavy atom. The molecular weight excluding hydrogens is 442 g/mol. The first-order valence-corrected chi connectivity index (χ1v) is 12.0. The van der Waals surface area contributed by atoms with Gasteiger partial charge in [0.2, 0.25) is 5.91 Å². The second-order valence-electron chi connectivity index (χ2n) is 8.80. The van der Waals surface area contributed by atoms with Crippen LogP contribution in [0.4, 0.5) is 11.4 Å². The molecule has 0 atom stereocenters. The summed E-state index contributed by atoms with van der Waals surface area (Å²) >= 11 is 0. The molecule has 8 heteroatoms. The average molecular weight is 476 g/mol. The summed E-state index contributed by atoms with van der Waals surface area (Å²) < 4.78 is 7.34. The minimum absolute atomic E-state index is 0.00589. The third-order valence-electron chi connectivity index (χ3n) is 6.17. The number of carbonyl (C=O) groups is 2. The Morgan fingerprint density at radius 2 is 1.71 bits per heavy atom. The summed E-state index contributed by atoms with van der Waals surface area (Å²) in [5.41, 5.74) is 5.53. The number of aryl methyl sites for hydroxylation is 2. The monoisotopic (exact) mass is 475 g/mol. The quantitative estimate of drug-likeness (QED) is 0.540. The number of likely N-dealkylation sites (N-methyl/N-ethyl adjacent to an activating group) is 1. The Balaban J connectivity index is 1.32. The zero-order valence-electron chi connectivity index (χ0n) is 20.7. The molecule has 1 fully saturated rings. The lowest BCUT2D eigenvalue weighted by Gasteiger charge is -2.29. The van der Waals surface area contributed by atoms with E-state index < -0.39 is 0 Å². The van der Waals surface area contributed by atoms with Crippen LogP contribution in [0.15, 0.2) is 54.6 Å². The molecule has 184 valence electrons. The molecule has 4 rings (SSSR count). The van der Waals surface area contributed by atoms with E-state index in [1.54, 1.807) is 4.90 Å². The third-order valence-corrected chi connectivity index (χ3v) is 6.17. The van der Waals surface area contributed by atoms with Gasteiger partial charge in [-0.05, 0) is 68.8 Å². The number of morpholine rings is 1. The van der Waals surface area contributed by atoms with Crippen molar-refractivity contribution in [3.8, 4) is 0 Å². The van der Waals surface area contributed by atoms with Crippen molar-refractivity contribution in [2.75, 3.05) is 49.6 Å². The molecule has 0 aliphatic carbocycles. The van der Waals surface area contributed by atoms with Crippen molar-refractivity contribution in [1.29, 1.82) is 0 Å². The summed E-state index contributed by atoms with van der Waals surface area (Å²) in [7, 11) is 0. The molecule has 3 aromatic rings. The van der Waals surface area contributed by atoms with Gasteiger partial charge in [-0.25, -0.2) is 0 Å². The maximum Gasteiger partial charge on any atom is 0.254 e. The smallest absolute Gasteiger partial charge is 0.254 e. The fourth-order valence-corrected chi connectivity index (χ4v) is 4.22. The first kappa shape index (κ1) is 24.5. The van der Waals surface area contributed by atoms with Gasteiger partial charge in [-0.1, -0.05) is 12.1 Å². The molecule has 2 aromatic carbocycles. The molecule has 0 radical (unpaired) electrons. The Morgan fingerprint density at radius 3 is 2.31 bits per heavy atom. The van der Waals surface area contributed by atoms with E-state index in [9.17, 15) is 9.59 Å². The van der Waals surface area contributed by atoms with Gasteiger partial charge in [0, 0.05) is 42.3 Å². The summed E-state index contributed by atoms with van der Waals surface area (Å²) in [5.74, 6) is -0.386. The highest BCUT2D eigenvalue weighted by molar-refractivity contribution is 5.99. The summed E-state index contributed by atoms with van der Waals surface area (Å²) in [5, 5.41) is 7.39. The van der Waals surface area contributed by atoms with Crippen LogP contribution in [0.1, 0.15) is 34.2 Å².